The van der Waals surface area contributed by atoms with Crippen LogP contribution in [0.3, 0.4) is 0 Å². The minimum atomic E-state index is -0.139. The largest absolute Gasteiger partial charge is 0.486 e. The number of nitrogens with zero attached hydrogens (tertiary/aromatic N) is 2. The van der Waals surface area contributed by atoms with E-state index in [2.05, 4.69) is 24.1 Å². The van der Waals surface area contributed by atoms with Gasteiger partial charge in [-0.2, -0.15) is 0 Å². The Balaban J connectivity index is 1.57. The smallest absolute Gasteiger partial charge is 0.252 e. The number of carbonyl (C=O) groups excluding carboxylic acids is 1. The Morgan fingerprint density at radius 3 is 2.69 bits per heavy atom. The maximum absolute atomic E-state index is 13.2. The van der Waals surface area contributed by atoms with Gasteiger partial charge in [0, 0.05) is 24.5 Å². The zero-order valence-corrected chi connectivity index (χ0v) is 16.7. The summed E-state index contributed by atoms with van der Waals surface area (Å²) in [7, 11) is 0. The predicted octanol–water partition coefficient (Wildman–Crippen LogP) is 3.83. The fourth-order valence-corrected chi connectivity index (χ4v) is 3.56. The Morgan fingerprint density at radius 1 is 1.14 bits per heavy atom. The first-order valence-electron chi connectivity index (χ1n) is 9.86. The Labute approximate surface area is 170 Å². The molecule has 2 heterocycles. The Morgan fingerprint density at radius 2 is 1.93 bits per heavy atom. The Bertz CT molecular complexity index is 983. The number of carbonyl (C=O) groups is 1. The number of hydrogen-bond acceptors (Lipinski definition) is 4. The van der Waals surface area contributed by atoms with E-state index < -0.39 is 0 Å². The van der Waals surface area contributed by atoms with E-state index in [0.717, 1.165) is 22.6 Å². The molecule has 0 saturated carbocycles. The lowest BCUT2D eigenvalue weighted by molar-refractivity contribution is 0.0924. The maximum atomic E-state index is 13.2. The molecule has 1 aliphatic rings. The predicted molar refractivity (Wildman–Crippen MR) is 110 cm³/mol. The highest BCUT2D eigenvalue weighted by Crippen LogP contribution is 2.34. The topological polar surface area (TPSA) is 65.4 Å². The van der Waals surface area contributed by atoms with Gasteiger partial charge in [-0.05, 0) is 35.2 Å². The Hall–Kier alpha value is -3.28. The van der Waals surface area contributed by atoms with E-state index in [-0.39, 0.29) is 17.9 Å². The lowest BCUT2D eigenvalue weighted by atomic mass is 9.94. The number of benzene rings is 2. The molecule has 6 nitrogen and oxygen atoms in total. The lowest BCUT2D eigenvalue weighted by Gasteiger charge is -2.26. The van der Waals surface area contributed by atoms with E-state index in [9.17, 15) is 4.79 Å². The van der Waals surface area contributed by atoms with Crippen molar-refractivity contribution < 1.29 is 14.3 Å². The molecule has 1 aliphatic heterocycles. The van der Waals surface area contributed by atoms with Crippen LogP contribution in [-0.2, 0) is 6.54 Å². The van der Waals surface area contributed by atoms with Gasteiger partial charge in [-0.25, -0.2) is 4.98 Å². The van der Waals surface area contributed by atoms with Crippen molar-refractivity contribution in [2.24, 2.45) is 5.92 Å². The van der Waals surface area contributed by atoms with E-state index in [0.29, 0.717) is 25.3 Å². The quantitative estimate of drug-likeness (QED) is 0.694. The molecule has 1 atom stereocenters. The molecular formula is C23H25N3O3. The van der Waals surface area contributed by atoms with Crippen molar-refractivity contribution in [1.29, 1.82) is 0 Å². The number of amides is 1. The summed E-state index contributed by atoms with van der Waals surface area (Å²) in [6.45, 7) is 5.89. The summed E-state index contributed by atoms with van der Waals surface area (Å²) < 4.78 is 13.3. The lowest BCUT2D eigenvalue weighted by Crippen LogP contribution is -2.32. The van der Waals surface area contributed by atoms with Gasteiger partial charge >= 0.3 is 0 Å². The van der Waals surface area contributed by atoms with Gasteiger partial charge in [-0.3, -0.25) is 4.79 Å². The molecule has 1 unspecified atom stereocenters. The monoisotopic (exact) mass is 391 g/mol. The van der Waals surface area contributed by atoms with Crippen molar-refractivity contribution in [3.05, 3.63) is 77.9 Å². The van der Waals surface area contributed by atoms with Crippen LogP contribution in [0.15, 0.2) is 61.2 Å². The van der Waals surface area contributed by atoms with Crippen LogP contribution in [0.2, 0.25) is 0 Å². The molecule has 1 amide bonds. The molecule has 0 aliphatic carbocycles. The third kappa shape index (κ3) is 4.26. The van der Waals surface area contributed by atoms with Crippen molar-refractivity contribution in [2.45, 2.75) is 26.4 Å². The first-order chi connectivity index (χ1) is 14.1. The summed E-state index contributed by atoms with van der Waals surface area (Å²) in [6, 6.07) is 13.4. The number of hydrogen-bond donors (Lipinski definition) is 1. The number of fused-ring (bicyclic) bond motifs is 1. The van der Waals surface area contributed by atoms with Crippen LogP contribution in [0.5, 0.6) is 11.5 Å². The van der Waals surface area contributed by atoms with Crippen LogP contribution in [0.4, 0.5) is 0 Å². The first kappa shape index (κ1) is 19.1. The van der Waals surface area contributed by atoms with E-state index in [1.165, 1.54) is 0 Å². The van der Waals surface area contributed by atoms with E-state index >= 15 is 0 Å². The fraction of sp³-hybridized carbons (Fsp3) is 0.304. The van der Waals surface area contributed by atoms with Gasteiger partial charge in [-0.15, -0.1) is 0 Å². The van der Waals surface area contributed by atoms with Gasteiger partial charge in [0.1, 0.15) is 13.2 Å². The molecule has 1 aromatic heterocycles. The molecular weight excluding hydrogens is 366 g/mol. The third-order valence-electron chi connectivity index (χ3n) is 5.05. The molecule has 0 spiro atoms. The van der Waals surface area contributed by atoms with Crippen LogP contribution in [0.25, 0.3) is 0 Å². The molecule has 3 aromatic rings. The van der Waals surface area contributed by atoms with Gasteiger partial charge in [0.05, 0.1) is 12.4 Å². The van der Waals surface area contributed by atoms with Gasteiger partial charge in [0.25, 0.3) is 5.91 Å². The van der Waals surface area contributed by atoms with Crippen molar-refractivity contribution in [2.75, 3.05) is 13.2 Å². The second kappa shape index (κ2) is 8.39. The highest BCUT2D eigenvalue weighted by atomic mass is 16.6. The third-order valence-corrected chi connectivity index (χ3v) is 5.05. The van der Waals surface area contributed by atoms with Crippen LogP contribution in [0.1, 0.15) is 41.4 Å². The highest BCUT2D eigenvalue weighted by Gasteiger charge is 2.23. The summed E-state index contributed by atoms with van der Waals surface area (Å²) in [5, 5.41) is 3.22. The van der Waals surface area contributed by atoms with Gasteiger partial charge in [-0.1, -0.05) is 38.1 Å². The maximum Gasteiger partial charge on any atom is 0.252 e. The van der Waals surface area contributed by atoms with Crippen molar-refractivity contribution in [3.8, 4) is 11.5 Å². The average molecular weight is 391 g/mol. The van der Waals surface area contributed by atoms with Crippen LogP contribution < -0.4 is 14.8 Å². The summed E-state index contributed by atoms with van der Waals surface area (Å²) in [6.07, 6.45) is 5.38. The molecule has 150 valence electrons. The molecule has 0 radical (unpaired) electrons. The molecule has 1 N–H and O–H groups in total. The number of rotatable bonds is 6. The van der Waals surface area contributed by atoms with E-state index in [1.54, 1.807) is 12.5 Å². The molecule has 0 bridgehead atoms. The van der Waals surface area contributed by atoms with E-state index in [1.807, 2.05) is 53.2 Å². The van der Waals surface area contributed by atoms with Crippen LogP contribution >= 0.6 is 0 Å². The SMILES string of the molecule is CC(C)C(NC(=O)c1ccccc1Cn1ccnc1)c1ccc2c(c1)OCCO2. The summed E-state index contributed by atoms with van der Waals surface area (Å²) in [5.41, 5.74) is 2.63. The van der Waals surface area contributed by atoms with Crippen molar-refractivity contribution in [3.63, 3.8) is 0 Å². The molecule has 6 heteroatoms. The van der Waals surface area contributed by atoms with Crippen molar-refractivity contribution in [1.82, 2.24) is 14.9 Å². The normalized spacial score (nSPS) is 13.9. The van der Waals surface area contributed by atoms with Crippen LogP contribution in [0, 0.1) is 5.92 Å². The van der Waals surface area contributed by atoms with E-state index in [4.69, 9.17) is 9.47 Å². The molecule has 0 saturated heterocycles. The number of nitrogens with one attached hydrogen (secondary N) is 1. The summed E-state index contributed by atoms with van der Waals surface area (Å²) in [5.74, 6) is 1.60. The van der Waals surface area contributed by atoms with Crippen LogP contribution in [-0.4, -0.2) is 28.7 Å². The van der Waals surface area contributed by atoms with Gasteiger partial charge in [0.2, 0.25) is 0 Å². The molecule has 0 fully saturated rings. The highest BCUT2D eigenvalue weighted by molar-refractivity contribution is 5.96. The standard InChI is InChI=1S/C23H25N3O3/c1-16(2)22(17-7-8-20-21(13-17)29-12-11-28-20)25-23(27)19-6-4-3-5-18(19)14-26-10-9-24-15-26/h3-10,13,15-16,22H,11-12,14H2,1-2H3,(H,25,27). The Kier molecular flexibility index (Phi) is 5.51. The number of aromatic nitrogens is 2. The second-order valence-corrected chi connectivity index (χ2v) is 7.49. The molecule has 29 heavy (non-hydrogen) atoms. The summed E-state index contributed by atoms with van der Waals surface area (Å²) in [4.78, 5) is 17.3. The minimum absolute atomic E-state index is 0.0886. The summed E-state index contributed by atoms with van der Waals surface area (Å²) >= 11 is 0. The minimum Gasteiger partial charge on any atom is -0.486 e. The van der Waals surface area contributed by atoms with Gasteiger partial charge < -0.3 is 19.4 Å². The zero-order valence-electron chi connectivity index (χ0n) is 16.7. The second-order valence-electron chi connectivity index (χ2n) is 7.49. The molecule has 4 rings (SSSR count). The van der Waals surface area contributed by atoms with Crippen molar-refractivity contribution >= 4 is 5.91 Å². The van der Waals surface area contributed by atoms with Gasteiger partial charge in [0.15, 0.2) is 11.5 Å². The number of imidazole rings is 1. The first-order valence-corrected chi connectivity index (χ1v) is 9.86. The average Bonchev–Trinajstić information content (AvgIpc) is 3.25. The number of ether oxygens (including phenoxy) is 2. The zero-order chi connectivity index (χ0) is 20.2. The fourth-order valence-electron chi connectivity index (χ4n) is 3.56. The molecule has 2 aromatic carbocycles.